The first-order valence-electron chi connectivity index (χ1n) is 9.42. The molecule has 2 aromatic carbocycles. The molecule has 3 aromatic rings. The Morgan fingerprint density at radius 3 is 2.77 bits per heavy atom. The van der Waals surface area contributed by atoms with Crippen molar-refractivity contribution in [1.29, 1.82) is 0 Å². The van der Waals surface area contributed by atoms with Crippen molar-refractivity contribution in [2.45, 2.75) is 13.6 Å². The van der Waals surface area contributed by atoms with E-state index in [-0.39, 0.29) is 11.5 Å². The van der Waals surface area contributed by atoms with E-state index in [1.165, 1.54) is 11.3 Å². The number of fused-ring (bicyclic) bond motifs is 2. The van der Waals surface area contributed by atoms with Gasteiger partial charge in [0.05, 0.1) is 12.2 Å². The van der Waals surface area contributed by atoms with Crippen LogP contribution in [0.3, 0.4) is 0 Å². The molecule has 1 N–H and O–H groups in total. The molecule has 0 radical (unpaired) electrons. The first-order valence-corrected chi connectivity index (χ1v) is 10.6. The second-order valence-corrected chi connectivity index (χ2v) is 8.29. The summed E-state index contributed by atoms with van der Waals surface area (Å²) in [5.74, 6) is 0.499. The Morgan fingerprint density at radius 1 is 1.20 bits per heavy atom. The van der Waals surface area contributed by atoms with Crippen molar-refractivity contribution in [3.8, 4) is 5.75 Å². The van der Waals surface area contributed by atoms with Crippen molar-refractivity contribution in [3.63, 3.8) is 0 Å². The van der Waals surface area contributed by atoms with Crippen LogP contribution in [0.25, 0.3) is 5.57 Å². The fourth-order valence-electron chi connectivity index (χ4n) is 3.61. The molecule has 0 saturated carbocycles. The summed E-state index contributed by atoms with van der Waals surface area (Å²) in [6, 6.07) is 12.8. The number of halogens is 1. The van der Waals surface area contributed by atoms with E-state index in [4.69, 9.17) is 16.3 Å². The van der Waals surface area contributed by atoms with Crippen LogP contribution in [-0.2, 0) is 11.5 Å². The third-order valence-corrected chi connectivity index (χ3v) is 6.37. The van der Waals surface area contributed by atoms with Gasteiger partial charge in [0.25, 0.3) is 11.5 Å². The number of nitrogens with one attached hydrogen (secondary N) is 1. The van der Waals surface area contributed by atoms with Crippen molar-refractivity contribution in [3.05, 3.63) is 72.7 Å². The second kappa shape index (κ2) is 7.30. The third-order valence-electron chi connectivity index (χ3n) is 5.02. The Kier molecular flexibility index (Phi) is 4.60. The van der Waals surface area contributed by atoms with Gasteiger partial charge in [-0.05, 0) is 49.4 Å². The molecule has 9 heteroatoms. The van der Waals surface area contributed by atoms with Gasteiger partial charge in [0, 0.05) is 22.0 Å². The number of rotatable bonds is 3. The van der Waals surface area contributed by atoms with Crippen LogP contribution in [0.1, 0.15) is 12.5 Å². The maximum atomic E-state index is 13.2. The van der Waals surface area contributed by atoms with Crippen molar-refractivity contribution in [2.24, 2.45) is 4.99 Å². The quantitative estimate of drug-likeness (QED) is 0.677. The van der Waals surface area contributed by atoms with Gasteiger partial charge in [0.1, 0.15) is 23.6 Å². The van der Waals surface area contributed by atoms with E-state index >= 15 is 0 Å². The predicted octanol–water partition coefficient (Wildman–Crippen LogP) is 2.17. The van der Waals surface area contributed by atoms with E-state index in [0.717, 1.165) is 11.4 Å². The van der Waals surface area contributed by atoms with Gasteiger partial charge >= 0.3 is 0 Å². The molecule has 2 aliphatic heterocycles. The zero-order valence-corrected chi connectivity index (χ0v) is 17.6. The number of aromatic nitrogens is 1. The summed E-state index contributed by atoms with van der Waals surface area (Å²) in [6.45, 7) is 3.33. The number of ether oxygens (including phenoxy) is 1. The molecular formula is C21H17ClN4O3S. The van der Waals surface area contributed by atoms with Gasteiger partial charge in [0.2, 0.25) is 0 Å². The molecule has 0 aliphatic carbocycles. The lowest BCUT2D eigenvalue weighted by molar-refractivity contribution is -0.110. The minimum Gasteiger partial charge on any atom is -0.494 e. The fourth-order valence-corrected chi connectivity index (χ4v) is 4.84. The Morgan fingerprint density at radius 2 is 2.00 bits per heavy atom. The molecule has 0 atom stereocenters. The molecule has 3 heterocycles. The molecule has 0 unspecified atom stereocenters. The summed E-state index contributed by atoms with van der Waals surface area (Å²) in [6.07, 6.45) is 0. The normalized spacial score (nSPS) is 16.6. The van der Waals surface area contributed by atoms with Crippen molar-refractivity contribution < 1.29 is 9.53 Å². The van der Waals surface area contributed by atoms with Gasteiger partial charge in [-0.2, -0.15) is 0 Å². The maximum Gasteiger partial charge on any atom is 0.272 e. The molecule has 152 valence electrons. The van der Waals surface area contributed by atoms with Gasteiger partial charge < -0.3 is 15.0 Å². The largest absolute Gasteiger partial charge is 0.494 e. The zero-order chi connectivity index (χ0) is 20.8. The van der Waals surface area contributed by atoms with Crippen LogP contribution in [0.4, 0.5) is 11.4 Å². The molecule has 7 nitrogen and oxygen atoms in total. The Labute approximate surface area is 180 Å². The van der Waals surface area contributed by atoms with Crippen LogP contribution in [0, 0.1) is 0 Å². The number of hydrogen-bond donors (Lipinski definition) is 1. The fraction of sp³-hybridized carbons (Fsp3) is 0.190. The molecule has 0 saturated heterocycles. The average Bonchev–Trinajstić information content (AvgIpc) is 3.24. The predicted molar refractivity (Wildman–Crippen MR) is 117 cm³/mol. The van der Waals surface area contributed by atoms with E-state index < -0.39 is 0 Å². The Balaban J connectivity index is 1.56. The van der Waals surface area contributed by atoms with Crippen LogP contribution >= 0.6 is 22.9 Å². The zero-order valence-electron chi connectivity index (χ0n) is 16.0. The number of anilines is 2. The van der Waals surface area contributed by atoms with Crippen molar-refractivity contribution >= 4 is 45.8 Å². The number of hydrogen-bond acceptors (Lipinski definition) is 6. The summed E-state index contributed by atoms with van der Waals surface area (Å²) >= 11 is 7.35. The van der Waals surface area contributed by atoms with E-state index in [2.05, 4.69) is 10.3 Å². The standard InChI is InChI=1S/C21H17ClN4O3S/c1-2-29-14-6-4-13(5-7-14)25-10-23-21-26(11-25)20(28)18(30-21)17-15-9-12(22)3-8-16(15)24-19(17)27/h3-9H,2,10-11H2,1H3,(H,24,27)/b18-17-. The first kappa shape index (κ1) is 18.9. The van der Waals surface area contributed by atoms with E-state index in [1.807, 2.05) is 36.1 Å². The lowest BCUT2D eigenvalue weighted by Gasteiger charge is -2.25. The highest BCUT2D eigenvalue weighted by molar-refractivity contribution is 7.07. The first-order chi connectivity index (χ1) is 14.5. The molecule has 1 aromatic heterocycles. The van der Waals surface area contributed by atoms with Gasteiger partial charge in [-0.15, -0.1) is 0 Å². The molecule has 0 fully saturated rings. The van der Waals surface area contributed by atoms with Crippen LogP contribution < -0.4 is 29.8 Å². The highest BCUT2D eigenvalue weighted by Crippen LogP contribution is 2.32. The van der Waals surface area contributed by atoms with E-state index in [1.54, 1.807) is 22.8 Å². The summed E-state index contributed by atoms with van der Waals surface area (Å²) in [7, 11) is 0. The Hall–Kier alpha value is -3.10. The summed E-state index contributed by atoms with van der Waals surface area (Å²) in [5, 5.41) is 3.31. The molecule has 30 heavy (non-hydrogen) atoms. The second-order valence-electron chi connectivity index (χ2n) is 6.87. The number of carbonyl (C=O) groups is 1. The molecular weight excluding hydrogens is 424 g/mol. The number of amides is 1. The molecule has 5 rings (SSSR count). The molecule has 0 bridgehead atoms. The molecule has 0 spiro atoms. The number of carbonyl (C=O) groups excluding carboxylic acids is 1. The van der Waals surface area contributed by atoms with Crippen molar-refractivity contribution in [1.82, 2.24) is 4.57 Å². The summed E-state index contributed by atoms with van der Waals surface area (Å²) in [4.78, 5) is 32.9. The van der Waals surface area contributed by atoms with Gasteiger partial charge in [-0.3, -0.25) is 14.2 Å². The van der Waals surface area contributed by atoms with Crippen LogP contribution in [0.2, 0.25) is 5.02 Å². The van der Waals surface area contributed by atoms with Gasteiger partial charge in [0.15, 0.2) is 4.80 Å². The number of benzene rings is 2. The third kappa shape index (κ3) is 3.09. The topological polar surface area (TPSA) is 75.9 Å². The van der Waals surface area contributed by atoms with Crippen LogP contribution in [0.5, 0.6) is 5.75 Å². The van der Waals surface area contributed by atoms with Crippen LogP contribution in [0.15, 0.2) is 52.3 Å². The van der Waals surface area contributed by atoms with E-state index in [0.29, 0.717) is 51.1 Å². The average molecular weight is 441 g/mol. The minimum atomic E-state index is -0.299. The van der Waals surface area contributed by atoms with E-state index in [9.17, 15) is 9.59 Å². The monoisotopic (exact) mass is 440 g/mol. The van der Waals surface area contributed by atoms with Crippen molar-refractivity contribution in [2.75, 3.05) is 23.5 Å². The van der Waals surface area contributed by atoms with Gasteiger partial charge in [-0.25, -0.2) is 4.99 Å². The number of thiazole rings is 1. The number of nitrogens with zero attached hydrogens (tertiary/aromatic N) is 3. The lowest BCUT2D eigenvalue weighted by Crippen LogP contribution is -2.43. The Bertz CT molecular complexity index is 1340. The smallest absolute Gasteiger partial charge is 0.272 e. The van der Waals surface area contributed by atoms with Crippen LogP contribution in [-0.4, -0.2) is 23.7 Å². The highest BCUT2D eigenvalue weighted by atomic mass is 35.5. The lowest BCUT2D eigenvalue weighted by atomic mass is 10.1. The van der Waals surface area contributed by atoms with Gasteiger partial charge in [-0.1, -0.05) is 22.9 Å². The summed E-state index contributed by atoms with van der Waals surface area (Å²) in [5.41, 5.74) is 2.37. The SMILES string of the molecule is CCOc1ccc(N2CN=c3s/c(=C4\C(=O)Nc5ccc(Cl)cc54)c(=O)n3C2)cc1. The maximum absolute atomic E-state index is 13.2. The minimum absolute atomic E-state index is 0.229. The summed E-state index contributed by atoms with van der Waals surface area (Å²) < 4.78 is 7.46. The highest BCUT2D eigenvalue weighted by Gasteiger charge is 2.28. The molecule has 2 aliphatic rings. The molecule has 1 amide bonds.